The summed E-state index contributed by atoms with van der Waals surface area (Å²) in [6.45, 7) is 2.33. The van der Waals surface area contributed by atoms with Crippen molar-refractivity contribution in [3.63, 3.8) is 0 Å². The number of aromatic amines is 1. The lowest BCUT2D eigenvalue weighted by molar-refractivity contribution is 0.199. The Morgan fingerprint density at radius 2 is 2.37 bits per heavy atom. The number of aromatic nitrogens is 2. The van der Waals surface area contributed by atoms with E-state index in [2.05, 4.69) is 21.4 Å². The number of ether oxygens (including phenoxy) is 1. The van der Waals surface area contributed by atoms with E-state index in [0.29, 0.717) is 6.61 Å². The lowest BCUT2D eigenvalue weighted by Crippen LogP contribution is -2.18. The second-order valence-corrected chi connectivity index (χ2v) is 5.37. The molecule has 0 radical (unpaired) electrons. The predicted molar refractivity (Wildman–Crippen MR) is 77.7 cm³/mol. The van der Waals surface area contributed by atoms with Crippen LogP contribution in [-0.2, 0) is 11.3 Å². The van der Waals surface area contributed by atoms with E-state index < -0.39 is 0 Å². The number of hydrogen-bond acceptors (Lipinski definition) is 4. The molecular formula is C13H16ClN3OS. The summed E-state index contributed by atoms with van der Waals surface area (Å²) in [4.78, 5) is 8.21. The van der Waals surface area contributed by atoms with E-state index in [9.17, 15) is 0 Å². The largest absolute Gasteiger partial charge is 0.383 e. The zero-order valence-electron chi connectivity index (χ0n) is 10.6. The van der Waals surface area contributed by atoms with E-state index in [1.165, 1.54) is 11.8 Å². The van der Waals surface area contributed by atoms with Crippen LogP contribution in [0.25, 0.3) is 0 Å². The van der Waals surface area contributed by atoms with Gasteiger partial charge in [-0.15, -0.1) is 0 Å². The molecule has 2 N–H and O–H groups in total. The van der Waals surface area contributed by atoms with Crippen LogP contribution in [0.15, 0.2) is 40.6 Å². The van der Waals surface area contributed by atoms with Crippen LogP contribution < -0.4 is 5.32 Å². The molecule has 2 rings (SSSR count). The smallest absolute Gasteiger partial charge is 0.170 e. The van der Waals surface area contributed by atoms with Gasteiger partial charge in [0.2, 0.25) is 0 Å². The lowest BCUT2D eigenvalue weighted by Gasteiger charge is -2.07. The number of rotatable bonds is 7. The number of halogens is 1. The zero-order valence-corrected chi connectivity index (χ0v) is 12.2. The summed E-state index contributed by atoms with van der Waals surface area (Å²) in [6.07, 6.45) is 3.52. The summed E-state index contributed by atoms with van der Waals surface area (Å²) < 4.78 is 4.98. The van der Waals surface area contributed by atoms with E-state index in [0.717, 1.165) is 33.7 Å². The fourth-order valence-corrected chi connectivity index (χ4v) is 2.62. The van der Waals surface area contributed by atoms with Crippen LogP contribution in [0.4, 0.5) is 0 Å². The Balaban J connectivity index is 1.93. The Labute approximate surface area is 121 Å². The highest BCUT2D eigenvalue weighted by atomic mass is 35.5. The average molecular weight is 298 g/mol. The van der Waals surface area contributed by atoms with Gasteiger partial charge in [-0.05, 0) is 17.7 Å². The Bertz CT molecular complexity index is 505. The van der Waals surface area contributed by atoms with Crippen molar-refractivity contribution >= 4 is 23.4 Å². The van der Waals surface area contributed by atoms with Gasteiger partial charge in [0.15, 0.2) is 5.16 Å². The maximum atomic E-state index is 6.27. The molecular weight excluding hydrogens is 282 g/mol. The maximum absolute atomic E-state index is 6.27. The number of benzene rings is 1. The van der Waals surface area contributed by atoms with Crippen LogP contribution in [0.2, 0.25) is 5.02 Å². The van der Waals surface area contributed by atoms with Gasteiger partial charge in [0.05, 0.1) is 11.6 Å². The molecule has 0 saturated heterocycles. The van der Waals surface area contributed by atoms with Crippen molar-refractivity contribution in [3.05, 3.63) is 41.2 Å². The molecule has 6 heteroatoms. The molecule has 102 valence electrons. The Morgan fingerprint density at radius 1 is 1.47 bits per heavy atom. The van der Waals surface area contributed by atoms with Crippen LogP contribution in [0, 0.1) is 0 Å². The zero-order chi connectivity index (χ0) is 13.5. The highest BCUT2D eigenvalue weighted by Gasteiger charge is 2.05. The van der Waals surface area contributed by atoms with Crippen molar-refractivity contribution in [1.29, 1.82) is 0 Å². The van der Waals surface area contributed by atoms with Crippen molar-refractivity contribution in [2.24, 2.45) is 0 Å². The third-order valence-electron chi connectivity index (χ3n) is 2.49. The molecule has 0 atom stereocenters. The van der Waals surface area contributed by atoms with Gasteiger partial charge < -0.3 is 15.0 Å². The molecule has 1 heterocycles. The van der Waals surface area contributed by atoms with Gasteiger partial charge in [-0.25, -0.2) is 4.98 Å². The highest BCUT2D eigenvalue weighted by Crippen LogP contribution is 2.31. The van der Waals surface area contributed by atoms with Crippen LogP contribution in [0.1, 0.15) is 5.56 Å². The number of hydrogen-bond donors (Lipinski definition) is 2. The molecule has 0 aliphatic rings. The molecule has 0 saturated carbocycles. The first-order valence-corrected chi connectivity index (χ1v) is 7.14. The van der Waals surface area contributed by atoms with Crippen LogP contribution in [0.3, 0.4) is 0 Å². The monoisotopic (exact) mass is 297 g/mol. The molecule has 4 nitrogen and oxygen atoms in total. The molecule has 1 aromatic carbocycles. The number of nitrogens with one attached hydrogen (secondary N) is 2. The molecule has 0 aliphatic carbocycles. The number of nitrogens with zero attached hydrogens (tertiary/aromatic N) is 1. The van der Waals surface area contributed by atoms with E-state index in [4.69, 9.17) is 16.3 Å². The van der Waals surface area contributed by atoms with Gasteiger partial charge in [0, 0.05) is 37.5 Å². The van der Waals surface area contributed by atoms with Gasteiger partial charge in [0.25, 0.3) is 0 Å². The van der Waals surface area contributed by atoms with Crippen LogP contribution >= 0.6 is 23.4 Å². The summed E-state index contributed by atoms with van der Waals surface area (Å²) in [7, 11) is 1.69. The minimum absolute atomic E-state index is 0.708. The maximum Gasteiger partial charge on any atom is 0.170 e. The molecule has 0 spiro atoms. The van der Waals surface area contributed by atoms with Gasteiger partial charge in [0.1, 0.15) is 0 Å². The van der Waals surface area contributed by atoms with E-state index in [-0.39, 0.29) is 0 Å². The lowest BCUT2D eigenvalue weighted by atomic mass is 10.2. The first-order chi connectivity index (χ1) is 9.29. The minimum atomic E-state index is 0.708. The molecule has 19 heavy (non-hydrogen) atoms. The summed E-state index contributed by atoms with van der Waals surface area (Å²) in [5, 5.41) is 4.87. The van der Waals surface area contributed by atoms with Gasteiger partial charge >= 0.3 is 0 Å². The number of H-pyrrole nitrogens is 1. The summed E-state index contributed by atoms with van der Waals surface area (Å²) in [6, 6.07) is 6.06. The second kappa shape index (κ2) is 7.55. The van der Waals surface area contributed by atoms with E-state index >= 15 is 0 Å². The fraction of sp³-hybridized carbons (Fsp3) is 0.308. The molecule has 0 fully saturated rings. The first kappa shape index (κ1) is 14.4. The number of methoxy groups -OCH3 is 1. The molecule has 0 unspecified atom stereocenters. The third kappa shape index (κ3) is 4.54. The van der Waals surface area contributed by atoms with Crippen molar-refractivity contribution in [2.45, 2.75) is 16.6 Å². The molecule has 0 amide bonds. The van der Waals surface area contributed by atoms with Gasteiger partial charge in [-0.2, -0.15) is 0 Å². The SMILES string of the molecule is COCCNCc1ccc(Sc2ncc[nH]2)c(Cl)c1. The van der Waals surface area contributed by atoms with Crippen molar-refractivity contribution in [2.75, 3.05) is 20.3 Å². The Kier molecular flexibility index (Phi) is 5.72. The van der Waals surface area contributed by atoms with E-state index in [1.54, 1.807) is 19.5 Å². The summed E-state index contributed by atoms with van der Waals surface area (Å²) in [5.41, 5.74) is 1.16. The molecule has 1 aromatic heterocycles. The topological polar surface area (TPSA) is 49.9 Å². The summed E-state index contributed by atoms with van der Waals surface area (Å²) >= 11 is 7.79. The quantitative estimate of drug-likeness (QED) is 0.772. The first-order valence-electron chi connectivity index (χ1n) is 5.95. The molecule has 0 bridgehead atoms. The number of imidazole rings is 1. The Hall–Kier alpha value is -1.01. The van der Waals surface area contributed by atoms with Crippen LogP contribution in [-0.4, -0.2) is 30.2 Å². The van der Waals surface area contributed by atoms with Crippen molar-refractivity contribution in [1.82, 2.24) is 15.3 Å². The van der Waals surface area contributed by atoms with Gasteiger partial charge in [-0.1, -0.05) is 29.4 Å². The third-order valence-corrected chi connectivity index (χ3v) is 3.91. The average Bonchev–Trinajstić information content (AvgIpc) is 2.91. The van der Waals surface area contributed by atoms with Crippen molar-refractivity contribution in [3.8, 4) is 0 Å². The molecule has 0 aliphatic heterocycles. The molecule has 2 aromatic rings. The normalized spacial score (nSPS) is 10.8. The van der Waals surface area contributed by atoms with Gasteiger partial charge in [-0.3, -0.25) is 0 Å². The standard InChI is InChI=1S/C13H16ClN3OS/c1-18-7-6-15-9-10-2-3-12(11(14)8-10)19-13-16-4-5-17-13/h2-5,8,15H,6-7,9H2,1H3,(H,16,17). The van der Waals surface area contributed by atoms with Crippen molar-refractivity contribution < 1.29 is 4.74 Å². The van der Waals surface area contributed by atoms with E-state index in [1.807, 2.05) is 12.1 Å². The summed E-state index contributed by atoms with van der Waals surface area (Å²) in [5.74, 6) is 0. The minimum Gasteiger partial charge on any atom is -0.383 e. The Morgan fingerprint density at radius 3 is 3.05 bits per heavy atom. The fourth-order valence-electron chi connectivity index (χ4n) is 1.55. The highest BCUT2D eigenvalue weighted by molar-refractivity contribution is 7.99. The predicted octanol–water partition coefficient (Wildman–Crippen LogP) is 2.95. The second-order valence-electron chi connectivity index (χ2n) is 3.93. The van der Waals surface area contributed by atoms with Crippen LogP contribution in [0.5, 0.6) is 0 Å².